The van der Waals surface area contributed by atoms with Crippen molar-refractivity contribution in [2.45, 2.75) is 76.6 Å². The first-order valence-electron chi connectivity index (χ1n) is 12.5. The largest absolute Gasteiger partial charge is 0.480 e. The van der Waals surface area contributed by atoms with Crippen LogP contribution < -0.4 is 0 Å². The molecular formula is C27H33F3N2O3. The van der Waals surface area contributed by atoms with E-state index in [1.165, 1.54) is 37.1 Å². The zero-order chi connectivity index (χ0) is 25.0. The fourth-order valence-corrected chi connectivity index (χ4v) is 5.19. The number of nitrogens with zero attached hydrogens (tertiary/aromatic N) is 2. The molecule has 8 heteroatoms. The number of rotatable bonds is 9. The summed E-state index contributed by atoms with van der Waals surface area (Å²) in [6.07, 6.45) is 3.65. The third kappa shape index (κ3) is 6.41. The van der Waals surface area contributed by atoms with Gasteiger partial charge in [-0.25, -0.2) is 0 Å². The molecule has 1 fully saturated rings. The third-order valence-electron chi connectivity index (χ3n) is 7.08. The quantitative estimate of drug-likeness (QED) is 0.469. The van der Waals surface area contributed by atoms with Crippen molar-refractivity contribution in [1.29, 1.82) is 0 Å². The molecule has 2 atom stereocenters. The summed E-state index contributed by atoms with van der Waals surface area (Å²) in [4.78, 5) is 18.7. The highest BCUT2D eigenvalue weighted by molar-refractivity contribution is 5.76. The summed E-state index contributed by atoms with van der Waals surface area (Å²) in [5.41, 5.74) is 3.73. The summed E-state index contributed by atoms with van der Waals surface area (Å²) in [5.74, 6) is -1.06. The van der Waals surface area contributed by atoms with Crippen LogP contribution in [0.3, 0.4) is 0 Å². The highest BCUT2D eigenvalue weighted by Crippen LogP contribution is 2.34. The molecule has 5 nitrogen and oxygen atoms in total. The number of carboxylic acids is 1. The molecule has 0 spiro atoms. The number of halogens is 3. The van der Waals surface area contributed by atoms with Gasteiger partial charge in [0.05, 0.1) is 11.7 Å². The first-order chi connectivity index (χ1) is 16.7. The normalized spacial score (nSPS) is 19.5. The number of likely N-dealkylation sites (tertiary alicyclic amines) is 1. The number of aryl methyl sites for hydroxylation is 4. The van der Waals surface area contributed by atoms with Crippen LogP contribution in [-0.4, -0.2) is 46.8 Å². The van der Waals surface area contributed by atoms with Gasteiger partial charge in [0.2, 0.25) is 0 Å². The molecule has 1 unspecified atom stereocenters. The minimum absolute atomic E-state index is 0.0755. The number of carbonyl (C=O) groups is 1. The molecule has 1 aliphatic carbocycles. The van der Waals surface area contributed by atoms with E-state index >= 15 is 0 Å². The lowest BCUT2D eigenvalue weighted by Gasteiger charge is -2.26. The van der Waals surface area contributed by atoms with E-state index in [1.54, 1.807) is 4.90 Å². The zero-order valence-electron chi connectivity index (χ0n) is 20.1. The Bertz CT molecular complexity index is 1040. The van der Waals surface area contributed by atoms with Crippen LogP contribution in [-0.2, 0) is 35.0 Å². The Hall–Kier alpha value is -2.45. The van der Waals surface area contributed by atoms with E-state index in [-0.39, 0.29) is 6.10 Å². The van der Waals surface area contributed by atoms with Crippen molar-refractivity contribution in [3.05, 3.63) is 64.0 Å². The fraction of sp³-hybridized carbons (Fsp3) is 0.556. The van der Waals surface area contributed by atoms with Gasteiger partial charge < -0.3 is 9.84 Å². The Morgan fingerprint density at radius 2 is 2.00 bits per heavy atom. The van der Waals surface area contributed by atoms with E-state index in [9.17, 15) is 23.1 Å². The van der Waals surface area contributed by atoms with Crippen LogP contribution >= 0.6 is 0 Å². The lowest BCUT2D eigenvalue weighted by molar-refractivity contribution is -0.143. The molecule has 0 amide bonds. The molecule has 1 saturated heterocycles. The fourth-order valence-electron chi connectivity index (χ4n) is 5.19. The van der Waals surface area contributed by atoms with Crippen LogP contribution in [0.5, 0.6) is 0 Å². The number of aromatic nitrogens is 1. The van der Waals surface area contributed by atoms with Gasteiger partial charge in [-0.1, -0.05) is 12.1 Å². The number of unbranched alkanes of at least 4 members (excludes halogenated alkanes) is 1. The molecule has 2 aliphatic rings. The van der Waals surface area contributed by atoms with Gasteiger partial charge in [0, 0.05) is 31.1 Å². The van der Waals surface area contributed by atoms with E-state index in [2.05, 4.69) is 12.1 Å². The Morgan fingerprint density at radius 3 is 2.74 bits per heavy atom. The smallest absolute Gasteiger partial charge is 0.416 e. The van der Waals surface area contributed by atoms with Gasteiger partial charge in [-0.15, -0.1) is 0 Å². The van der Waals surface area contributed by atoms with Crippen molar-refractivity contribution in [3.63, 3.8) is 0 Å². The van der Waals surface area contributed by atoms with Crippen molar-refractivity contribution in [3.8, 4) is 0 Å². The first kappa shape index (κ1) is 25.6. The molecule has 0 bridgehead atoms. The van der Waals surface area contributed by atoms with Crippen molar-refractivity contribution < 1.29 is 27.8 Å². The summed E-state index contributed by atoms with van der Waals surface area (Å²) in [6.45, 7) is 3.10. The Kier molecular flexibility index (Phi) is 8.12. The van der Waals surface area contributed by atoms with E-state index in [4.69, 9.17) is 9.72 Å². The van der Waals surface area contributed by atoms with Gasteiger partial charge in [0.15, 0.2) is 0 Å². The number of aliphatic carboxylic acids is 1. The van der Waals surface area contributed by atoms with Gasteiger partial charge >= 0.3 is 12.1 Å². The number of ether oxygens (including phenoxy) is 1. The highest BCUT2D eigenvalue weighted by Gasteiger charge is 2.36. The van der Waals surface area contributed by atoms with E-state index < -0.39 is 23.8 Å². The van der Waals surface area contributed by atoms with Crippen molar-refractivity contribution in [2.24, 2.45) is 0 Å². The molecule has 1 aromatic carbocycles. The van der Waals surface area contributed by atoms with Crippen LogP contribution in [0.25, 0.3) is 0 Å². The topological polar surface area (TPSA) is 62.7 Å². The molecule has 1 N–H and O–H groups in total. The number of alkyl halides is 3. The minimum atomic E-state index is -4.45. The molecule has 4 rings (SSSR count). The average molecular weight is 491 g/mol. The molecule has 1 aromatic heterocycles. The Labute approximate surface area is 204 Å². The molecular weight excluding hydrogens is 457 g/mol. The highest BCUT2D eigenvalue weighted by atomic mass is 19.4. The molecule has 1 aliphatic heterocycles. The Morgan fingerprint density at radius 1 is 1.20 bits per heavy atom. The summed E-state index contributed by atoms with van der Waals surface area (Å²) in [7, 11) is 0. The number of benzene rings is 1. The number of fused-ring (bicyclic) bond motifs is 1. The molecule has 0 radical (unpaired) electrons. The Balaban J connectivity index is 1.25. The number of pyridine rings is 1. The van der Waals surface area contributed by atoms with Crippen LogP contribution in [0.15, 0.2) is 30.3 Å². The number of hydrogen-bond acceptors (Lipinski definition) is 4. The predicted molar refractivity (Wildman–Crippen MR) is 126 cm³/mol. The van der Waals surface area contributed by atoms with Crippen molar-refractivity contribution in [2.75, 3.05) is 19.7 Å². The van der Waals surface area contributed by atoms with Gasteiger partial charge in [0.1, 0.15) is 6.04 Å². The van der Waals surface area contributed by atoms with Crippen molar-refractivity contribution >= 4 is 5.97 Å². The summed E-state index contributed by atoms with van der Waals surface area (Å²) in [5, 5.41) is 9.84. The first-order valence-corrected chi connectivity index (χ1v) is 12.5. The van der Waals surface area contributed by atoms with Crippen LogP contribution in [0.1, 0.15) is 71.8 Å². The molecule has 35 heavy (non-hydrogen) atoms. The SMILES string of the molecule is Cc1cc(C(F)(F)F)ccc1C(C(=O)O)N1CC[C@@H](OCCCCc2ccc3c(n2)CCCC3)C1. The minimum Gasteiger partial charge on any atom is -0.480 e. The maximum Gasteiger partial charge on any atom is 0.416 e. The van der Waals surface area contributed by atoms with E-state index in [0.29, 0.717) is 37.2 Å². The second-order valence-corrected chi connectivity index (χ2v) is 9.66. The number of carboxylic acid groups (broad SMARTS) is 1. The van der Waals surface area contributed by atoms with Gasteiger partial charge in [0.25, 0.3) is 0 Å². The van der Waals surface area contributed by atoms with Crippen LogP contribution in [0.2, 0.25) is 0 Å². The van der Waals surface area contributed by atoms with Crippen LogP contribution in [0.4, 0.5) is 13.2 Å². The third-order valence-corrected chi connectivity index (χ3v) is 7.08. The lowest BCUT2D eigenvalue weighted by atomic mass is 9.95. The lowest BCUT2D eigenvalue weighted by Crippen LogP contribution is -2.34. The average Bonchev–Trinajstić information content (AvgIpc) is 3.27. The monoisotopic (exact) mass is 490 g/mol. The second-order valence-electron chi connectivity index (χ2n) is 9.66. The van der Waals surface area contributed by atoms with Crippen LogP contribution in [0, 0.1) is 6.92 Å². The predicted octanol–water partition coefficient (Wildman–Crippen LogP) is 5.53. The van der Waals surface area contributed by atoms with Gasteiger partial charge in [-0.2, -0.15) is 13.2 Å². The van der Waals surface area contributed by atoms with Crippen molar-refractivity contribution in [1.82, 2.24) is 9.88 Å². The summed E-state index contributed by atoms with van der Waals surface area (Å²) >= 11 is 0. The van der Waals surface area contributed by atoms with E-state index in [1.807, 2.05) is 0 Å². The number of hydrogen-bond donors (Lipinski definition) is 1. The maximum atomic E-state index is 13.0. The molecule has 2 heterocycles. The van der Waals surface area contributed by atoms with E-state index in [0.717, 1.165) is 49.9 Å². The van der Waals surface area contributed by atoms with Gasteiger partial charge in [-0.05, 0) is 93.2 Å². The molecule has 2 aromatic rings. The second kappa shape index (κ2) is 11.1. The summed E-state index contributed by atoms with van der Waals surface area (Å²) in [6, 6.07) is 6.64. The summed E-state index contributed by atoms with van der Waals surface area (Å²) < 4.78 is 45.0. The maximum absolute atomic E-state index is 13.0. The molecule has 0 saturated carbocycles. The zero-order valence-corrected chi connectivity index (χ0v) is 20.1. The molecule has 190 valence electrons. The van der Waals surface area contributed by atoms with Gasteiger partial charge in [-0.3, -0.25) is 14.7 Å². The standard InChI is InChI=1S/C27H33F3N2O3/c1-18-16-20(27(28,29)30)10-12-23(18)25(26(33)34)32-14-13-22(17-32)35-15-5-4-7-21-11-9-19-6-2-3-8-24(19)31-21/h9-12,16,22,25H,2-8,13-15,17H2,1H3,(H,33,34)/t22-,25?/m1/s1.